The van der Waals surface area contributed by atoms with E-state index in [9.17, 15) is 9.59 Å². The second kappa shape index (κ2) is 6.03. The summed E-state index contributed by atoms with van der Waals surface area (Å²) in [5.41, 5.74) is 1.11. The molecule has 6 nitrogen and oxygen atoms in total. The van der Waals surface area contributed by atoms with E-state index in [4.69, 9.17) is 4.74 Å². The van der Waals surface area contributed by atoms with Crippen LogP contribution < -0.4 is 10.2 Å². The number of anilines is 1. The number of carbonyl (C=O) groups is 2. The maximum absolute atomic E-state index is 13.2. The topological polar surface area (TPSA) is 71.5 Å². The highest BCUT2D eigenvalue weighted by Gasteiger charge is 2.66. The van der Waals surface area contributed by atoms with E-state index in [2.05, 4.69) is 10.3 Å². The summed E-state index contributed by atoms with van der Waals surface area (Å²) in [6, 6.07) is 13.3. The maximum Gasteiger partial charge on any atom is 0.234 e. The molecule has 5 rings (SSSR count). The summed E-state index contributed by atoms with van der Waals surface area (Å²) in [6.07, 6.45) is 6.94. The Kier molecular flexibility index (Phi) is 3.62. The van der Waals surface area contributed by atoms with E-state index in [-0.39, 0.29) is 17.9 Å². The van der Waals surface area contributed by atoms with Crippen molar-refractivity contribution in [1.29, 1.82) is 0 Å². The minimum atomic E-state index is -0.698. The summed E-state index contributed by atoms with van der Waals surface area (Å²) in [6.45, 7) is 0.853. The Morgan fingerprint density at radius 3 is 2.78 bits per heavy atom. The van der Waals surface area contributed by atoms with Crippen LogP contribution in [0.1, 0.15) is 5.56 Å². The van der Waals surface area contributed by atoms with Gasteiger partial charge in [0.05, 0.1) is 24.5 Å². The number of aromatic nitrogens is 1. The lowest BCUT2D eigenvalue weighted by atomic mass is 9.77. The molecular weight excluding hydrogens is 342 g/mol. The monoisotopic (exact) mass is 361 g/mol. The molecule has 1 aromatic carbocycles. The van der Waals surface area contributed by atoms with E-state index in [1.54, 1.807) is 17.3 Å². The number of hydrogen-bond acceptors (Lipinski definition) is 4. The second-order valence-corrected chi connectivity index (χ2v) is 7.23. The first-order valence-corrected chi connectivity index (χ1v) is 9.08. The first kappa shape index (κ1) is 16.2. The number of benzene rings is 1. The summed E-state index contributed by atoms with van der Waals surface area (Å²) < 4.78 is 6.15. The third-order valence-corrected chi connectivity index (χ3v) is 5.69. The van der Waals surface area contributed by atoms with Gasteiger partial charge < -0.3 is 15.0 Å². The van der Waals surface area contributed by atoms with Crippen molar-refractivity contribution >= 4 is 17.5 Å². The van der Waals surface area contributed by atoms with E-state index in [1.807, 2.05) is 54.6 Å². The summed E-state index contributed by atoms with van der Waals surface area (Å²) >= 11 is 0. The van der Waals surface area contributed by atoms with Gasteiger partial charge in [-0.25, -0.2) is 0 Å². The lowest BCUT2D eigenvalue weighted by Crippen LogP contribution is -2.43. The van der Waals surface area contributed by atoms with Gasteiger partial charge in [0.2, 0.25) is 11.8 Å². The molecule has 2 fully saturated rings. The molecule has 1 spiro atoms. The molecule has 2 unspecified atom stereocenters. The van der Waals surface area contributed by atoms with Crippen LogP contribution in [0.4, 0.5) is 5.69 Å². The number of carbonyl (C=O) groups excluding carboxylic acids is 2. The van der Waals surface area contributed by atoms with Crippen LogP contribution in [0.5, 0.6) is 0 Å². The van der Waals surface area contributed by atoms with Crippen molar-refractivity contribution in [3.05, 3.63) is 72.6 Å². The van der Waals surface area contributed by atoms with Crippen LogP contribution in [0.2, 0.25) is 0 Å². The lowest BCUT2D eigenvalue weighted by Gasteiger charge is -2.23. The molecule has 0 saturated carbocycles. The number of nitrogens with one attached hydrogen (secondary N) is 1. The van der Waals surface area contributed by atoms with Gasteiger partial charge >= 0.3 is 0 Å². The van der Waals surface area contributed by atoms with Gasteiger partial charge in [-0.05, 0) is 29.8 Å². The number of hydrogen-bond donors (Lipinski definition) is 1. The zero-order valence-corrected chi connectivity index (χ0v) is 14.6. The molecule has 1 aromatic heterocycles. The third-order valence-electron chi connectivity index (χ3n) is 5.69. The molecule has 1 N–H and O–H groups in total. The largest absolute Gasteiger partial charge is 0.360 e. The highest BCUT2D eigenvalue weighted by Crippen LogP contribution is 2.52. The Bertz CT molecular complexity index is 915. The third kappa shape index (κ3) is 2.48. The van der Waals surface area contributed by atoms with Crippen LogP contribution in [-0.4, -0.2) is 35.0 Å². The van der Waals surface area contributed by atoms with Crippen molar-refractivity contribution in [1.82, 2.24) is 10.3 Å². The molecule has 0 aliphatic carbocycles. The number of ether oxygens (including phenoxy) is 1. The first-order chi connectivity index (χ1) is 13.2. The molecule has 3 aliphatic heterocycles. The van der Waals surface area contributed by atoms with Crippen molar-refractivity contribution < 1.29 is 14.3 Å². The first-order valence-electron chi connectivity index (χ1n) is 9.08. The van der Waals surface area contributed by atoms with Crippen LogP contribution >= 0.6 is 0 Å². The lowest BCUT2D eigenvalue weighted by molar-refractivity contribution is -0.132. The van der Waals surface area contributed by atoms with Crippen molar-refractivity contribution in [2.45, 2.75) is 18.2 Å². The second-order valence-electron chi connectivity index (χ2n) is 7.23. The van der Waals surface area contributed by atoms with Gasteiger partial charge in [0, 0.05) is 24.6 Å². The molecule has 4 atom stereocenters. The van der Waals surface area contributed by atoms with Crippen molar-refractivity contribution in [2.24, 2.45) is 11.8 Å². The van der Waals surface area contributed by atoms with Crippen LogP contribution in [0, 0.1) is 11.8 Å². The van der Waals surface area contributed by atoms with E-state index in [1.165, 1.54) is 0 Å². The number of para-hydroxylation sites is 1. The van der Waals surface area contributed by atoms with E-state index in [0.29, 0.717) is 13.1 Å². The molecule has 2 amide bonds. The van der Waals surface area contributed by atoms with Crippen LogP contribution in [0.3, 0.4) is 0 Å². The molecule has 27 heavy (non-hydrogen) atoms. The fourth-order valence-corrected chi connectivity index (χ4v) is 4.43. The number of nitrogens with zero attached hydrogens (tertiary/aromatic N) is 2. The standard InChI is InChI=1S/C21H19N3O3/c25-19(23-12-14-7-10-22-11-8-14)17-16-6-9-21(27-16)13-24(20(26)18(17)21)15-4-2-1-3-5-15/h1-11,16-18H,12-13H2,(H,23,25)/t16-,17?,18?,21+/m0/s1. The minimum Gasteiger partial charge on any atom is -0.360 e. The SMILES string of the molecule is O=C(NCc1ccncc1)C1C2C(=O)N(c3ccccc3)C[C@]23C=C[C@@H]1O3. The van der Waals surface area contributed by atoms with Gasteiger partial charge in [-0.2, -0.15) is 0 Å². The summed E-state index contributed by atoms with van der Waals surface area (Å²) in [7, 11) is 0. The molecule has 6 heteroatoms. The number of pyridine rings is 1. The summed E-state index contributed by atoms with van der Waals surface area (Å²) in [5, 5.41) is 2.96. The van der Waals surface area contributed by atoms with Gasteiger partial charge in [0.15, 0.2) is 0 Å². The predicted octanol–water partition coefficient (Wildman–Crippen LogP) is 1.68. The average Bonchev–Trinajstić information content (AvgIpc) is 3.36. The summed E-state index contributed by atoms with van der Waals surface area (Å²) in [5.74, 6) is -1.17. The molecule has 2 saturated heterocycles. The molecule has 4 heterocycles. The zero-order valence-electron chi connectivity index (χ0n) is 14.6. The Balaban J connectivity index is 1.38. The van der Waals surface area contributed by atoms with Gasteiger partial charge in [-0.15, -0.1) is 0 Å². The molecule has 0 radical (unpaired) electrons. The van der Waals surface area contributed by atoms with E-state index < -0.39 is 17.4 Å². The smallest absolute Gasteiger partial charge is 0.234 e. The fourth-order valence-electron chi connectivity index (χ4n) is 4.43. The maximum atomic E-state index is 13.2. The zero-order chi connectivity index (χ0) is 18.4. The van der Waals surface area contributed by atoms with Crippen molar-refractivity contribution in [3.8, 4) is 0 Å². The highest BCUT2D eigenvalue weighted by atomic mass is 16.5. The fraction of sp³-hybridized carbons (Fsp3) is 0.286. The van der Waals surface area contributed by atoms with Crippen LogP contribution in [0.15, 0.2) is 67.0 Å². The van der Waals surface area contributed by atoms with Gasteiger partial charge in [-0.3, -0.25) is 14.6 Å². The molecule has 3 aliphatic rings. The van der Waals surface area contributed by atoms with Crippen molar-refractivity contribution in [3.63, 3.8) is 0 Å². The Labute approximate surface area is 156 Å². The van der Waals surface area contributed by atoms with E-state index >= 15 is 0 Å². The van der Waals surface area contributed by atoms with E-state index in [0.717, 1.165) is 11.3 Å². The normalized spacial score (nSPS) is 30.6. The van der Waals surface area contributed by atoms with Gasteiger partial charge in [0.25, 0.3) is 0 Å². The summed E-state index contributed by atoms with van der Waals surface area (Å²) in [4.78, 5) is 31.8. The highest BCUT2D eigenvalue weighted by molar-refractivity contribution is 6.03. The molecular formula is C21H19N3O3. The molecule has 2 aromatic rings. The minimum absolute atomic E-state index is 0.0443. The molecule has 136 valence electrons. The number of amides is 2. The van der Waals surface area contributed by atoms with Gasteiger partial charge in [0.1, 0.15) is 5.60 Å². The Morgan fingerprint density at radius 2 is 2.00 bits per heavy atom. The van der Waals surface area contributed by atoms with Gasteiger partial charge in [-0.1, -0.05) is 30.4 Å². The van der Waals surface area contributed by atoms with Crippen LogP contribution in [-0.2, 0) is 20.9 Å². The predicted molar refractivity (Wildman–Crippen MR) is 98.6 cm³/mol. The van der Waals surface area contributed by atoms with Crippen molar-refractivity contribution in [2.75, 3.05) is 11.4 Å². The quantitative estimate of drug-likeness (QED) is 0.841. The number of rotatable bonds is 4. The average molecular weight is 361 g/mol. The Hall–Kier alpha value is -2.99. The molecule has 2 bridgehead atoms. The Morgan fingerprint density at radius 1 is 1.22 bits per heavy atom. The number of fused-ring (bicyclic) bond motifs is 1. The van der Waals surface area contributed by atoms with Crippen LogP contribution in [0.25, 0.3) is 0 Å².